The first-order chi connectivity index (χ1) is 18.8. The van der Waals surface area contributed by atoms with Gasteiger partial charge in [0.25, 0.3) is 0 Å². The van der Waals surface area contributed by atoms with Crippen molar-refractivity contribution in [2.45, 2.75) is 148 Å². The minimum absolute atomic E-state index is 0.0849. The number of quaternary nitrogens is 1. The van der Waals surface area contributed by atoms with Crippen molar-refractivity contribution < 1.29 is 34.2 Å². The molecule has 0 unspecified atom stereocenters. The lowest BCUT2D eigenvalue weighted by Gasteiger charge is -2.38. The van der Waals surface area contributed by atoms with E-state index < -0.39 is 17.9 Å². The molecule has 7 nitrogen and oxygen atoms in total. The molecule has 0 aromatic carbocycles. The fraction of sp³-hybridized carbons (Fsp3) is 0.844. The zero-order chi connectivity index (χ0) is 29.0. The van der Waals surface area contributed by atoms with Crippen molar-refractivity contribution >= 4 is 17.9 Å². The van der Waals surface area contributed by atoms with E-state index in [-0.39, 0.29) is 43.4 Å². The van der Waals surface area contributed by atoms with Gasteiger partial charge in [-0.15, -0.1) is 0 Å². The molecular formula is C32H60NO6+. The summed E-state index contributed by atoms with van der Waals surface area (Å²) in [4.78, 5) is 33.4. The van der Waals surface area contributed by atoms with Crippen LogP contribution in [0.1, 0.15) is 148 Å². The van der Waals surface area contributed by atoms with Crippen molar-refractivity contribution in [2.75, 3.05) is 26.2 Å². The number of hydrogen-bond donors (Lipinski definition) is 3. The number of hydrogen-bond acceptors (Lipinski definition) is 3. The zero-order valence-electron chi connectivity index (χ0n) is 25.1. The lowest BCUT2D eigenvalue weighted by atomic mass is 10.0. The number of carboxylic acids is 3. The predicted molar refractivity (Wildman–Crippen MR) is 159 cm³/mol. The van der Waals surface area contributed by atoms with Crippen LogP contribution >= 0.6 is 0 Å². The molecule has 228 valence electrons. The quantitative estimate of drug-likeness (QED) is 0.0468. The first kappa shape index (κ1) is 37.1. The van der Waals surface area contributed by atoms with Crippen LogP contribution < -0.4 is 0 Å². The number of allylic oxidation sites excluding steroid dienone is 2. The van der Waals surface area contributed by atoms with Crippen LogP contribution in [0.5, 0.6) is 0 Å². The maximum absolute atomic E-state index is 11.1. The SMILES string of the molecule is CCCCCCCCCCCCCCCCC/C=C/CCCC[N+](CCC(=O)O)(CCC(=O)O)CCC(=O)O. The average molecular weight is 555 g/mol. The van der Waals surface area contributed by atoms with E-state index in [2.05, 4.69) is 19.1 Å². The molecule has 0 radical (unpaired) electrons. The van der Waals surface area contributed by atoms with Gasteiger partial charge in [0.15, 0.2) is 0 Å². The Morgan fingerprint density at radius 2 is 0.769 bits per heavy atom. The van der Waals surface area contributed by atoms with Crippen LogP contribution in [0.15, 0.2) is 12.2 Å². The third-order valence-corrected chi connectivity index (χ3v) is 7.79. The Kier molecular flexibility index (Phi) is 25.1. The molecule has 0 aliphatic carbocycles. The molecule has 0 bridgehead atoms. The Morgan fingerprint density at radius 1 is 0.462 bits per heavy atom. The minimum Gasteiger partial charge on any atom is -0.481 e. The summed E-state index contributed by atoms with van der Waals surface area (Å²) < 4.78 is 0.244. The van der Waals surface area contributed by atoms with Gasteiger partial charge in [0.05, 0.1) is 45.4 Å². The average Bonchev–Trinajstić information content (AvgIpc) is 2.90. The molecule has 0 spiro atoms. The molecule has 0 atom stereocenters. The smallest absolute Gasteiger partial charge is 0.309 e. The van der Waals surface area contributed by atoms with Crippen molar-refractivity contribution in [1.29, 1.82) is 0 Å². The molecule has 0 rings (SSSR count). The van der Waals surface area contributed by atoms with Crippen LogP contribution in [-0.4, -0.2) is 63.9 Å². The Hall–Kier alpha value is -1.89. The Balaban J connectivity index is 3.91. The van der Waals surface area contributed by atoms with Crippen molar-refractivity contribution in [3.05, 3.63) is 12.2 Å². The zero-order valence-corrected chi connectivity index (χ0v) is 25.1. The monoisotopic (exact) mass is 554 g/mol. The molecular weight excluding hydrogens is 494 g/mol. The van der Waals surface area contributed by atoms with Crippen molar-refractivity contribution in [2.24, 2.45) is 0 Å². The lowest BCUT2D eigenvalue weighted by Crippen LogP contribution is -2.52. The number of carboxylic acid groups (broad SMARTS) is 3. The van der Waals surface area contributed by atoms with E-state index in [1.54, 1.807) is 0 Å². The summed E-state index contributed by atoms with van der Waals surface area (Å²) in [6.45, 7) is 3.69. The van der Waals surface area contributed by atoms with Gasteiger partial charge < -0.3 is 19.8 Å². The third-order valence-electron chi connectivity index (χ3n) is 7.79. The van der Waals surface area contributed by atoms with Crippen LogP contribution in [0.4, 0.5) is 0 Å². The lowest BCUT2D eigenvalue weighted by molar-refractivity contribution is -0.927. The highest BCUT2D eigenvalue weighted by Crippen LogP contribution is 2.16. The Bertz CT molecular complexity index is 603. The highest BCUT2D eigenvalue weighted by atomic mass is 16.4. The summed E-state index contributed by atoms with van der Waals surface area (Å²) >= 11 is 0. The van der Waals surface area contributed by atoms with Gasteiger partial charge in [-0.05, 0) is 32.1 Å². The predicted octanol–water partition coefficient (Wildman–Crippen LogP) is 8.22. The molecule has 0 aromatic heterocycles. The molecule has 0 heterocycles. The summed E-state index contributed by atoms with van der Waals surface area (Å²) in [6, 6.07) is 0. The summed E-state index contributed by atoms with van der Waals surface area (Å²) in [7, 11) is 0. The van der Waals surface area contributed by atoms with Crippen LogP contribution in [0.3, 0.4) is 0 Å². The van der Waals surface area contributed by atoms with E-state index in [1.165, 1.54) is 96.3 Å². The number of carbonyl (C=O) groups is 3. The highest BCUT2D eigenvalue weighted by Gasteiger charge is 2.29. The van der Waals surface area contributed by atoms with E-state index in [1.807, 2.05) is 0 Å². The fourth-order valence-electron chi connectivity index (χ4n) is 5.25. The van der Waals surface area contributed by atoms with Crippen LogP contribution in [0.2, 0.25) is 0 Å². The largest absolute Gasteiger partial charge is 0.481 e. The second kappa shape index (κ2) is 26.3. The van der Waals surface area contributed by atoms with Crippen LogP contribution in [-0.2, 0) is 14.4 Å². The first-order valence-corrected chi connectivity index (χ1v) is 16.0. The fourth-order valence-corrected chi connectivity index (χ4v) is 5.25. The van der Waals surface area contributed by atoms with Gasteiger partial charge in [-0.3, -0.25) is 14.4 Å². The van der Waals surface area contributed by atoms with Crippen molar-refractivity contribution in [3.8, 4) is 0 Å². The van der Waals surface area contributed by atoms with Gasteiger partial charge >= 0.3 is 17.9 Å². The van der Waals surface area contributed by atoms with Gasteiger partial charge in [-0.25, -0.2) is 0 Å². The van der Waals surface area contributed by atoms with E-state index in [0.717, 1.165) is 25.7 Å². The van der Waals surface area contributed by atoms with Gasteiger partial charge in [0.2, 0.25) is 0 Å². The Morgan fingerprint density at radius 3 is 1.10 bits per heavy atom. The summed E-state index contributed by atoms with van der Waals surface area (Å²) in [6.07, 6.45) is 28.6. The molecule has 0 aliphatic rings. The molecule has 3 N–H and O–H groups in total. The standard InChI is InChI=1S/C32H59NO6/c1-2-3-4-5-6-7-8-9-10-11-12-13-14-15-16-17-18-19-20-21-22-26-33(27-23-30(34)35,28-24-31(36)37)29-25-32(38)39/h18-19H,2-17,20-29H2,1H3,(H2-,34,35,36,37,38,39)/p+1/b19-18+. The molecule has 0 saturated heterocycles. The topological polar surface area (TPSA) is 112 Å². The molecule has 0 saturated carbocycles. The highest BCUT2D eigenvalue weighted by molar-refractivity contribution is 5.67. The van der Waals surface area contributed by atoms with Gasteiger partial charge in [-0.1, -0.05) is 109 Å². The second-order valence-electron chi connectivity index (χ2n) is 11.4. The molecule has 0 fully saturated rings. The Labute approximate surface area is 238 Å². The second-order valence-corrected chi connectivity index (χ2v) is 11.4. The molecule has 0 amide bonds. The molecule has 0 aromatic rings. The maximum atomic E-state index is 11.1. The first-order valence-electron chi connectivity index (χ1n) is 16.0. The van der Waals surface area contributed by atoms with Crippen LogP contribution in [0, 0.1) is 0 Å². The maximum Gasteiger partial charge on any atom is 0.309 e. The summed E-state index contributed by atoms with van der Waals surface area (Å²) in [5.74, 6) is -2.82. The summed E-state index contributed by atoms with van der Waals surface area (Å²) in [5.41, 5.74) is 0. The van der Waals surface area contributed by atoms with Crippen molar-refractivity contribution in [1.82, 2.24) is 0 Å². The molecule has 0 aliphatic heterocycles. The summed E-state index contributed by atoms with van der Waals surface area (Å²) in [5, 5.41) is 27.4. The van der Waals surface area contributed by atoms with E-state index in [4.69, 9.17) is 15.3 Å². The van der Waals surface area contributed by atoms with E-state index in [0.29, 0.717) is 6.54 Å². The molecule has 39 heavy (non-hydrogen) atoms. The number of nitrogens with zero attached hydrogens (tertiary/aromatic N) is 1. The molecule has 7 heteroatoms. The van der Waals surface area contributed by atoms with Crippen molar-refractivity contribution in [3.63, 3.8) is 0 Å². The van der Waals surface area contributed by atoms with Gasteiger partial charge in [-0.2, -0.15) is 0 Å². The minimum atomic E-state index is -0.940. The van der Waals surface area contributed by atoms with Gasteiger partial charge in [0.1, 0.15) is 0 Å². The van der Waals surface area contributed by atoms with Crippen LogP contribution in [0.25, 0.3) is 0 Å². The number of rotatable bonds is 30. The number of unbranched alkanes of at least 4 members (excludes halogenated alkanes) is 17. The van der Waals surface area contributed by atoms with Gasteiger partial charge in [0, 0.05) is 0 Å². The number of aliphatic carboxylic acids is 3. The normalized spacial score (nSPS) is 11.8. The van der Waals surface area contributed by atoms with E-state index in [9.17, 15) is 14.4 Å². The third kappa shape index (κ3) is 26.1. The van der Waals surface area contributed by atoms with E-state index >= 15 is 0 Å².